The van der Waals surface area contributed by atoms with Gasteiger partial charge < -0.3 is 9.47 Å². The summed E-state index contributed by atoms with van der Waals surface area (Å²) in [6, 6.07) is 10.5. The highest BCUT2D eigenvalue weighted by molar-refractivity contribution is 7.92. The molecule has 5 nitrogen and oxygen atoms in total. The SMILES string of the molecule is O=S(=O)(c1cccc(C(F)(F)F)c1)N1CCOc2ccc(-c3cc(F)cc(OC(F)F)c3)cc21. The first-order valence-electron chi connectivity index (χ1n) is 9.68. The van der Waals surface area contributed by atoms with Crippen LogP contribution in [0.3, 0.4) is 0 Å². The van der Waals surface area contributed by atoms with Crippen molar-refractivity contribution in [3.63, 3.8) is 0 Å². The van der Waals surface area contributed by atoms with Crippen molar-refractivity contribution >= 4 is 15.7 Å². The number of alkyl halides is 5. The van der Waals surface area contributed by atoms with Gasteiger partial charge in [-0.05, 0) is 53.6 Å². The van der Waals surface area contributed by atoms with Crippen molar-refractivity contribution in [2.45, 2.75) is 17.7 Å². The minimum atomic E-state index is -4.74. The molecule has 3 aromatic carbocycles. The Morgan fingerprint density at radius 1 is 0.971 bits per heavy atom. The predicted molar refractivity (Wildman–Crippen MR) is 110 cm³/mol. The summed E-state index contributed by atoms with van der Waals surface area (Å²) >= 11 is 0. The van der Waals surface area contributed by atoms with Gasteiger partial charge in [-0.25, -0.2) is 12.8 Å². The largest absolute Gasteiger partial charge is 0.489 e. The zero-order valence-electron chi connectivity index (χ0n) is 17.0. The van der Waals surface area contributed by atoms with E-state index in [0.29, 0.717) is 6.07 Å². The number of anilines is 1. The second-order valence-corrected chi connectivity index (χ2v) is 9.05. The molecule has 0 atom stereocenters. The number of nitrogens with zero attached hydrogens (tertiary/aromatic N) is 1. The Morgan fingerprint density at radius 3 is 2.44 bits per heavy atom. The van der Waals surface area contributed by atoms with Crippen molar-refractivity contribution in [3.05, 3.63) is 72.0 Å². The van der Waals surface area contributed by atoms with Crippen LogP contribution in [0.25, 0.3) is 11.1 Å². The highest BCUT2D eigenvalue weighted by Crippen LogP contribution is 2.40. The fraction of sp³-hybridized carbons (Fsp3) is 0.182. The smallest absolute Gasteiger partial charge is 0.416 e. The third-order valence-electron chi connectivity index (χ3n) is 4.96. The quantitative estimate of drug-likeness (QED) is 0.419. The lowest BCUT2D eigenvalue weighted by Crippen LogP contribution is -2.38. The van der Waals surface area contributed by atoms with Crippen LogP contribution in [0, 0.1) is 5.82 Å². The fourth-order valence-electron chi connectivity index (χ4n) is 3.48. The van der Waals surface area contributed by atoms with Gasteiger partial charge >= 0.3 is 12.8 Å². The number of hydrogen-bond acceptors (Lipinski definition) is 4. The van der Waals surface area contributed by atoms with Gasteiger partial charge in [0.2, 0.25) is 0 Å². The van der Waals surface area contributed by atoms with Crippen LogP contribution in [0.1, 0.15) is 5.56 Å². The summed E-state index contributed by atoms with van der Waals surface area (Å²) in [5, 5.41) is 0. The van der Waals surface area contributed by atoms with Crippen LogP contribution >= 0.6 is 0 Å². The standard InChI is InChI=1S/C22H15F6NO4S/c23-16-8-14(9-17(12-16)33-21(24)25)13-4-5-20-19(10-13)29(6-7-32-20)34(30,31)18-3-1-2-15(11-18)22(26,27)28/h1-5,8-12,21H,6-7H2. The Bertz CT molecular complexity index is 1330. The van der Waals surface area contributed by atoms with E-state index in [4.69, 9.17) is 4.74 Å². The van der Waals surface area contributed by atoms with Crippen molar-refractivity contribution in [2.75, 3.05) is 17.5 Å². The average Bonchev–Trinajstić information content (AvgIpc) is 2.77. The van der Waals surface area contributed by atoms with Gasteiger partial charge in [0.1, 0.15) is 23.9 Å². The van der Waals surface area contributed by atoms with Crippen LogP contribution < -0.4 is 13.8 Å². The monoisotopic (exact) mass is 503 g/mol. The zero-order valence-corrected chi connectivity index (χ0v) is 17.8. The van der Waals surface area contributed by atoms with Gasteiger partial charge in [-0.1, -0.05) is 12.1 Å². The normalized spacial score (nSPS) is 14.0. The van der Waals surface area contributed by atoms with E-state index < -0.39 is 44.8 Å². The minimum Gasteiger partial charge on any atom is -0.489 e. The first-order valence-corrected chi connectivity index (χ1v) is 11.1. The van der Waals surface area contributed by atoms with E-state index in [-0.39, 0.29) is 35.7 Å². The van der Waals surface area contributed by atoms with E-state index in [1.165, 1.54) is 18.2 Å². The van der Waals surface area contributed by atoms with Crippen molar-refractivity contribution in [2.24, 2.45) is 0 Å². The molecule has 0 aliphatic carbocycles. The second-order valence-electron chi connectivity index (χ2n) is 7.19. The molecule has 0 unspecified atom stereocenters. The molecule has 1 aliphatic heterocycles. The Balaban J connectivity index is 1.77. The third-order valence-corrected chi connectivity index (χ3v) is 6.77. The van der Waals surface area contributed by atoms with Gasteiger partial charge in [-0.2, -0.15) is 22.0 Å². The highest BCUT2D eigenvalue weighted by Gasteiger charge is 2.35. The highest BCUT2D eigenvalue weighted by atomic mass is 32.2. The van der Waals surface area contributed by atoms with E-state index in [0.717, 1.165) is 40.7 Å². The molecule has 0 bridgehead atoms. The number of rotatable bonds is 5. The molecule has 0 aromatic heterocycles. The number of fused-ring (bicyclic) bond motifs is 1. The Hall–Kier alpha value is -3.41. The van der Waals surface area contributed by atoms with Gasteiger partial charge in [0.05, 0.1) is 22.7 Å². The van der Waals surface area contributed by atoms with Crippen LogP contribution in [0.5, 0.6) is 11.5 Å². The van der Waals surface area contributed by atoms with E-state index in [2.05, 4.69) is 4.74 Å². The molecular formula is C22H15F6NO4S. The molecule has 3 aromatic rings. The van der Waals surface area contributed by atoms with Crippen LogP contribution in [-0.4, -0.2) is 28.2 Å². The summed E-state index contributed by atoms with van der Waals surface area (Å²) in [5.41, 5.74) is -0.767. The molecule has 34 heavy (non-hydrogen) atoms. The lowest BCUT2D eigenvalue weighted by Gasteiger charge is -2.31. The maximum atomic E-state index is 14.0. The molecular weight excluding hydrogens is 488 g/mol. The maximum absolute atomic E-state index is 14.0. The maximum Gasteiger partial charge on any atom is 0.416 e. The summed E-state index contributed by atoms with van der Waals surface area (Å²) in [5.74, 6) is -1.17. The molecule has 0 amide bonds. The van der Waals surface area contributed by atoms with Crippen molar-refractivity contribution in [3.8, 4) is 22.6 Å². The van der Waals surface area contributed by atoms with Crippen molar-refractivity contribution in [1.29, 1.82) is 0 Å². The second kappa shape index (κ2) is 8.75. The molecule has 1 aliphatic rings. The topological polar surface area (TPSA) is 55.8 Å². The van der Waals surface area contributed by atoms with Crippen molar-refractivity contribution < 1.29 is 44.2 Å². The molecule has 180 valence electrons. The summed E-state index contributed by atoms with van der Waals surface area (Å²) < 4.78 is 115. The van der Waals surface area contributed by atoms with E-state index >= 15 is 0 Å². The molecule has 0 N–H and O–H groups in total. The summed E-state index contributed by atoms with van der Waals surface area (Å²) in [7, 11) is -4.43. The number of hydrogen-bond donors (Lipinski definition) is 0. The predicted octanol–water partition coefficient (Wildman–Crippen LogP) is 5.70. The molecule has 0 radical (unpaired) electrons. The molecule has 0 fully saturated rings. The lowest BCUT2D eigenvalue weighted by atomic mass is 10.0. The Labute approximate surface area is 190 Å². The average molecular weight is 503 g/mol. The molecule has 4 rings (SSSR count). The molecule has 12 heteroatoms. The Morgan fingerprint density at radius 2 is 1.74 bits per heavy atom. The first-order chi connectivity index (χ1) is 15.9. The summed E-state index contributed by atoms with van der Waals surface area (Å²) in [6.07, 6.45) is -4.74. The van der Waals surface area contributed by atoms with E-state index in [1.54, 1.807) is 0 Å². The zero-order chi connectivity index (χ0) is 24.7. The molecule has 1 heterocycles. The number of sulfonamides is 1. The van der Waals surface area contributed by atoms with Gasteiger partial charge in [0.25, 0.3) is 10.0 Å². The third kappa shape index (κ3) is 4.76. The number of halogens is 6. The van der Waals surface area contributed by atoms with Crippen molar-refractivity contribution in [1.82, 2.24) is 0 Å². The van der Waals surface area contributed by atoms with Crippen LogP contribution in [0.15, 0.2) is 65.6 Å². The minimum absolute atomic E-state index is 0.00162. The van der Waals surface area contributed by atoms with Crippen LogP contribution in [0.2, 0.25) is 0 Å². The van der Waals surface area contributed by atoms with E-state index in [9.17, 15) is 34.8 Å². The van der Waals surface area contributed by atoms with Gasteiger partial charge in [0, 0.05) is 6.07 Å². The fourth-order valence-corrected chi connectivity index (χ4v) is 4.98. The van der Waals surface area contributed by atoms with Gasteiger partial charge in [0.15, 0.2) is 0 Å². The number of benzene rings is 3. The summed E-state index contributed by atoms with van der Waals surface area (Å²) in [6.45, 7) is -3.44. The summed E-state index contributed by atoms with van der Waals surface area (Å²) in [4.78, 5) is -0.570. The van der Waals surface area contributed by atoms with Gasteiger partial charge in [-0.15, -0.1) is 0 Å². The Kier molecular flexibility index (Phi) is 6.11. The van der Waals surface area contributed by atoms with Gasteiger partial charge in [-0.3, -0.25) is 4.31 Å². The molecule has 0 saturated heterocycles. The van der Waals surface area contributed by atoms with Crippen LogP contribution in [0.4, 0.5) is 32.0 Å². The van der Waals surface area contributed by atoms with Crippen LogP contribution in [-0.2, 0) is 16.2 Å². The first kappa shape index (κ1) is 23.7. The number of ether oxygens (including phenoxy) is 2. The lowest BCUT2D eigenvalue weighted by molar-refractivity contribution is -0.137. The molecule has 0 saturated carbocycles. The van der Waals surface area contributed by atoms with E-state index in [1.807, 2.05) is 0 Å². The molecule has 0 spiro atoms.